The van der Waals surface area contributed by atoms with Crippen LogP contribution in [0.2, 0.25) is 0 Å². The Labute approximate surface area is 83.6 Å². The van der Waals surface area contributed by atoms with Crippen molar-refractivity contribution in [2.75, 3.05) is 13.1 Å². The molecule has 1 N–H and O–H groups in total. The van der Waals surface area contributed by atoms with Crippen LogP contribution in [0, 0.1) is 0 Å². The highest BCUT2D eigenvalue weighted by molar-refractivity contribution is 5.05. The van der Waals surface area contributed by atoms with Gasteiger partial charge in [0, 0.05) is 0 Å². The lowest BCUT2D eigenvalue weighted by molar-refractivity contribution is 0.520. The number of nitrogens with one attached hydrogen (secondary N) is 1. The van der Waals surface area contributed by atoms with Gasteiger partial charge < -0.3 is 5.32 Å². The first kappa shape index (κ1) is 12.7. The van der Waals surface area contributed by atoms with Crippen LogP contribution >= 0.6 is 0 Å². The maximum Gasteiger partial charge on any atom is -0.00489 e. The van der Waals surface area contributed by atoms with Gasteiger partial charge in [-0.25, -0.2) is 0 Å². The molecule has 0 aromatic rings. The second-order valence-corrected chi connectivity index (χ2v) is 3.94. The highest BCUT2D eigenvalue weighted by atomic mass is 14.9. The zero-order chi connectivity index (χ0) is 10.1. The number of rotatable bonds is 1. The summed E-state index contributed by atoms with van der Waals surface area (Å²) in [5.74, 6) is 0. The predicted molar refractivity (Wildman–Crippen MR) is 61.1 cm³/mol. The molecule has 1 rings (SSSR count). The van der Waals surface area contributed by atoms with Crippen molar-refractivity contribution in [1.29, 1.82) is 0 Å². The van der Waals surface area contributed by atoms with Crippen molar-refractivity contribution in [1.82, 2.24) is 5.32 Å². The molecule has 0 aromatic carbocycles. The lowest BCUT2D eigenvalue weighted by Gasteiger charge is -2.08. The summed E-state index contributed by atoms with van der Waals surface area (Å²) in [4.78, 5) is 0. The second-order valence-electron chi connectivity index (χ2n) is 3.94. The van der Waals surface area contributed by atoms with E-state index in [9.17, 15) is 0 Å². The van der Waals surface area contributed by atoms with Crippen LogP contribution in [0.3, 0.4) is 0 Å². The molecule has 0 unspecified atom stereocenters. The van der Waals surface area contributed by atoms with Crippen LogP contribution in [0.4, 0.5) is 0 Å². The molecule has 0 amide bonds. The third-order valence-electron chi connectivity index (χ3n) is 2.59. The van der Waals surface area contributed by atoms with E-state index >= 15 is 0 Å². The van der Waals surface area contributed by atoms with E-state index in [1.54, 1.807) is 0 Å². The van der Waals surface area contributed by atoms with Gasteiger partial charge in [0.05, 0.1) is 0 Å². The van der Waals surface area contributed by atoms with Gasteiger partial charge in [-0.05, 0) is 53.1 Å². The van der Waals surface area contributed by atoms with Gasteiger partial charge in [-0.1, -0.05) is 24.5 Å². The Morgan fingerprint density at radius 2 is 1.54 bits per heavy atom. The van der Waals surface area contributed by atoms with E-state index in [0.717, 1.165) is 0 Å². The monoisotopic (exact) mass is 183 g/mol. The maximum atomic E-state index is 3.28. The minimum absolute atomic E-state index is 1.20. The molecule has 1 aliphatic rings. The maximum absolute atomic E-state index is 3.28. The molecule has 0 spiro atoms. The molecule has 13 heavy (non-hydrogen) atoms. The molecule has 0 radical (unpaired) electrons. The third-order valence-corrected chi connectivity index (χ3v) is 2.59. The van der Waals surface area contributed by atoms with E-state index in [4.69, 9.17) is 0 Å². The van der Waals surface area contributed by atoms with Crippen molar-refractivity contribution in [3.8, 4) is 0 Å². The van der Waals surface area contributed by atoms with Gasteiger partial charge in [-0.15, -0.1) is 0 Å². The predicted octanol–water partition coefficient (Wildman–Crippen LogP) is 3.51. The van der Waals surface area contributed by atoms with Gasteiger partial charge >= 0.3 is 0 Å². The first-order valence-corrected chi connectivity index (χ1v) is 5.52. The standard InChI is InChI=1S/C7H14.C5H11N/c1-5-7(4)6(2)3;1-2-4-6-5-3-1/h5H2,1-4H3;6H,1-5H2. The molecular formula is C12H25N. The molecule has 1 nitrogen and oxygen atoms in total. The molecule has 1 heteroatoms. The smallest absolute Gasteiger partial charge is 0.00489 e. The normalized spacial score (nSPS) is 15.7. The molecule has 1 saturated heterocycles. The lowest BCUT2D eigenvalue weighted by Crippen LogP contribution is -2.21. The van der Waals surface area contributed by atoms with Gasteiger partial charge in [0.1, 0.15) is 0 Å². The van der Waals surface area contributed by atoms with Crippen molar-refractivity contribution in [3.63, 3.8) is 0 Å². The number of allylic oxidation sites excluding steroid dienone is 2. The van der Waals surface area contributed by atoms with E-state index < -0.39 is 0 Å². The molecule has 0 atom stereocenters. The zero-order valence-corrected chi connectivity index (χ0v) is 9.74. The van der Waals surface area contributed by atoms with E-state index in [-0.39, 0.29) is 0 Å². The number of hydrogen-bond acceptors (Lipinski definition) is 1. The first-order chi connectivity index (χ1) is 6.18. The van der Waals surface area contributed by atoms with Crippen molar-refractivity contribution in [2.45, 2.75) is 53.4 Å². The highest BCUT2D eigenvalue weighted by Crippen LogP contribution is 2.04. The summed E-state index contributed by atoms with van der Waals surface area (Å²) < 4.78 is 0. The van der Waals surface area contributed by atoms with Crippen molar-refractivity contribution < 1.29 is 0 Å². The highest BCUT2D eigenvalue weighted by Gasteiger charge is 1.93. The molecule has 0 bridgehead atoms. The van der Waals surface area contributed by atoms with Gasteiger partial charge in [0.2, 0.25) is 0 Å². The van der Waals surface area contributed by atoms with Crippen molar-refractivity contribution in [2.24, 2.45) is 0 Å². The SMILES string of the molecule is C1CCNCC1.CCC(C)=C(C)C. The minimum Gasteiger partial charge on any atom is -0.317 e. The topological polar surface area (TPSA) is 12.0 Å². The molecule has 0 aromatic heterocycles. The third kappa shape index (κ3) is 8.04. The fraction of sp³-hybridized carbons (Fsp3) is 0.833. The number of piperidine rings is 1. The summed E-state index contributed by atoms with van der Waals surface area (Å²) in [6.45, 7) is 11.2. The fourth-order valence-corrected chi connectivity index (χ4v) is 1.16. The molecule has 1 heterocycles. The Hall–Kier alpha value is -0.300. The minimum atomic E-state index is 1.20. The van der Waals surface area contributed by atoms with E-state index in [0.29, 0.717) is 0 Å². The first-order valence-electron chi connectivity index (χ1n) is 5.52. The molecule has 1 fully saturated rings. The van der Waals surface area contributed by atoms with Gasteiger partial charge in [-0.2, -0.15) is 0 Å². The molecule has 1 aliphatic heterocycles. The zero-order valence-electron chi connectivity index (χ0n) is 9.74. The summed E-state index contributed by atoms with van der Waals surface area (Å²) in [5, 5.41) is 3.28. The summed E-state index contributed by atoms with van der Waals surface area (Å²) in [5.41, 5.74) is 2.97. The van der Waals surface area contributed by atoms with Crippen LogP contribution < -0.4 is 5.32 Å². The van der Waals surface area contributed by atoms with Crippen LogP contribution in [0.1, 0.15) is 53.4 Å². The van der Waals surface area contributed by atoms with Crippen LogP contribution in [0.5, 0.6) is 0 Å². The molecule has 78 valence electrons. The largest absolute Gasteiger partial charge is 0.317 e. The van der Waals surface area contributed by atoms with E-state index in [1.807, 2.05) is 0 Å². The van der Waals surface area contributed by atoms with Gasteiger partial charge in [0.25, 0.3) is 0 Å². The molecule has 0 saturated carbocycles. The van der Waals surface area contributed by atoms with E-state index in [2.05, 4.69) is 33.0 Å². The average molecular weight is 183 g/mol. The van der Waals surface area contributed by atoms with Gasteiger partial charge in [-0.3, -0.25) is 0 Å². The van der Waals surface area contributed by atoms with Crippen LogP contribution in [-0.2, 0) is 0 Å². The second kappa shape index (κ2) is 8.31. The number of hydrogen-bond donors (Lipinski definition) is 1. The van der Waals surface area contributed by atoms with Crippen molar-refractivity contribution in [3.05, 3.63) is 11.1 Å². The molecule has 0 aliphatic carbocycles. The summed E-state index contributed by atoms with van der Waals surface area (Å²) in [7, 11) is 0. The molecular weight excluding hydrogens is 158 g/mol. The van der Waals surface area contributed by atoms with Crippen molar-refractivity contribution >= 4 is 0 Å². The summed E-state index contributed by atoms with van der Waals surface area (Å²) in [6.07, 6.45) is 5.41. The van der Waals surface area contributed by atoms with Crippen LogP contribution in [0.25, 0.3) is 0 Å². The Morgan fingerprint density at radius 1 is 1.00 bits per heavy atom. The van der Waals surface area contributed by atoms with Gasteiger partial charge in [0.15, 0.2) is 0 Å². The fourth-order valence-electron chi connectivity index (χ4n) is 1.16. The summed E-state index contributed by atoms with van der Waals surface area (Å²) >= 11 is 0. The summed E-state index contributed by atoms with van der Waals surface area (Å²) in [6, 6.07) is 0. The Kier molecular flexibility index (Phi) is 8.11. The quantitative estimate of drug-likeness (QED) is 0.613. The lowest BCUT2D eigenvalue weighted by atomic mass is 10.1. The van der Waals surface area contributed by atoms with Crippen LogP contribution in [0.15, 0.2) is 11.1 Å². The Balaban J connectivity index is 0.000000223. The Bertz CT molecular complexity index is 128. The average Bonchev–Trinajstić information content (AvgIpc) is 2.20. The Morgan fingerprint density at radius 3 is 1.62 bits per heavy atom. The van der Waals surface area contributed by atoms with E-state index in [1.165, 1.54) is 49.9 Å². The van der Waals surface area contributed by atoms with Crippen LogP contribution in [-0.4, -0.2) is 13.1 Å².